The van der Waals surface area contributed by atoms with E-state index in [1.807, 2.05) is 6.92 Å². The molecule has 1 fully saturated rings. The van der Waals surface area contributed by atoms with Crippen molar-refractivity contribution in [1.82, 2.24) is 0 Å². The Bertz CT molecular complexity index is 605. The first kappa shape index (κ1) is 25.8. The Kier molecular flexibility index (Phi) is 10.7. The summed E-state index contributed by atoms with van der Waals surface area (Å²) in [6, 6.07) is 0. The number of rotatable bonds is 10. The van der Waals surface area contributed by atoms with Crippen molar-refractivity contribution in [2.45, 2.75) is 84.5 Å². The molecule has 1 heterocycles. The third kappa shape index (κ3) is 8.25. The Morgan fingerprint density at radius 2 is 1.37 bits per heavy atom. The molecule has 6 atom stereocenters. The van der Waals surface area contributed by atoms with E-state index in [0.717, 1.165) is 27.2 Å². The molecule has 0 bridgehead atoms. The second-order valence-electron chi connectivity index (χ2n) is 6.66. The molecule has 0 radical (unpaired) electrons. The fourth-order valence-electron chi connectivity index (χ4n) is 2.92. The second kappa shape index (κ2) is 12.5. The minimum atomic E-state index is -1.27. The van der Waals surface area contributed by atoms with E-state index in [0.29, 0.717) is 6.42 Å². The van der Waals surface area contributed by atoms with Crippen molar-refractivity contribution in [3.05, 3.63) is 0 Å². The average molecular weight is 434 g/mol. The number of carbonyl (C=O) groups excluding carboxylic acids is 4. The molecule has 0 aromatic rings. The van der Waals surface area contributed by atoms with Crippen molar-refractivity contribution in [2.24, 2.45) is 0 Å². The Balaban J connectivity index is 3.31. The van der Waals surface area contributed by atoms with Crippen LogP contribution in [0.25, 0.3) is 0 Å². The Labute approximate surface area is 175 Å². The largest absolute Gasteiger partial charge is 0.463 e. The van der Waals surface area contributed by atoms with E-state index in [2.05, 4.69) is 0 Å². The zero-order valence-corrected chi connectivity index (χ0v) is 18.1. The zero-order chi connectivity index (χ0) is 22.8. The van der Waals surface area contributed by atoms with Crippen LogP contribution in [-0.2, 0) is 52.3 Å². The topological polar surface area (TPSA) is 133 Å². The number of hydrogen-bond donors (Lipinski definition) is 0. The SMILES string of the molecule is CCC[C@H](OC)O[C@@H]1O[C@H](COC(C)=O)[C@@H](OC(C)=O)[C@H](OC(C)=O)[C@H]1OC(C)=O. The predicted octanol–water partition coefficient (Wildman–Crippen LogP) is 0.859. The van der Waals surface area contributed by atoms with Gasteiger partial charge in [-0.1, -0.05) is 13.3 Å². The molecule has 0 spiro atoms. The van der Waals surface area contributed by atoms with Crippen LogP contribution in [0.3, 0.4) is 0 Å². The van der Waals surface area contributed by atoms with Crippen LogP contribution >= 0.6 is 0 Å². The van der Waals surface area contributed by atoms with Gasteiger partial charge >= 0.3 is 23.9 Å². The molecule has 0 N–H and O–H groups in total. The summed E-state index contributed by atoms with van der Waals surface area (Å²) in [6.45, 7) is 6.26. The highest BCUT2D eigenvalue weighted by molar-refractivity contribution is 5.68. The van der Waals surface area contributed by atoms with Crippen LogP contribution in [0.1, 0.15) is 47.5 Å². The Hall–Kier alpha value is -2.24. The van der Waals surface area contributed by atoms with Crippen molar-refractivity contribution in [3.8, 4) is 0 Å². The maximum absolute atomic E-state index is 11.7. The molecule has 11 heteroatoms. The predicted molar refractivity (Wildman–Crippen MR) is 98.7 cm³/mol. The molecular weight excluding hydrogens is 404 g/mol. The number of esters is 4. The summed E-state index contributed by atoms with van der Waals surface area (Å²) in [5.41, 5.74) is 0. The zero-order valence-electron chi connectivity index (χ0n) is 18.1. The lowest BCUT2D eigenvalue weighted by Gasteiger charge is -2.44. The lowest BCUT2D eigenvalue weighted by molar-refractivity contribution is -0.338. The number of methoxy groups -OCH3 is 1. The molecule has 0 aromatic heterocycles. The monoisotopic (exact) mass is 434 g/mol. The molecule has 30 heavy (non-hydrogen) atoms. The average Bonchev–Trinajstić information content (AvgIpc) is 2.63. The van der Waals surface area contributed by atoms with E-state index in [4.69, 9.17) is 33.2 Å². The molecule has 1 rings (SSSR count). The van der Waals surface area contributed by atoms with Crippen molar-refractivity contribution < 1.29 is 52.3 Å². The van der Waals surface area contributed by atoms with Crippen molar-refractivity contribution in [3.63, 3.8) is 0 Å². The van der Waals surface area contributed by atoms with Gasteiger partial charge in [-0.3, -0.25) is 19.2 Å². The first-order valence-corrected chi connectivity index (χ1v) is 9.57. The lowest BCUT2D eigenvalue weighted by Crippen LogP contribution is -2.63. The summed E-state index contributed by atoms with van der Waals surface area (Å²) in [4.78, 5) is 46.4. The summed E-state index contributed by atoms with van der Waals surface area (Å²) in [5.74, 6) is -2.70. The highest BCUT2D eigenvalue weighted by Crippen LogP contribution is 2.31. The molecule has 0 amide bonds. The minimum absolute atomic E-state index is 0.316. The van der Waals surface area contributed by atoms with Crippen molar-refractivity contribution in [1.29, 1.82) is 0 Å². The molecule has 11 nitrogen and oxygen atoms in total. The molecular formula is C19H30O11. The molecule has 1 saturated heterocycles. The fraction of sp³-hybridized carbons (Fsp3) is 0.789. The number of ether oxygens (including phenoxy) is 7. The van der Waals surface area contributed by atoms with E-state index in [1.165, 1.54) is 14.0 Å². The second-order valence-corrected chi connectivity index (χ2v) is 6.66. The van der Waals surface area contributed by atoms with E-state index >= 15 is 0 Å². The van der Waals surface area contributed by atoms with Gasteiger partial charge < -0.3 is 33.2 Å². The minimum Gasteiger partial charge on any atom is -0.463 e. The Morgan fingerprint density at radius 3 is 1.83 bits per heavy atom. The van der Waals surface area contributed by atoms with Crippen LogP contribution in [0.15, 0.2) is 0 Å². The van der Waals surface area contributed by atoms with Gasteiger partial charge in [0.15, 0.2) is 24.6 Å². The summed E-state index contributed by atoms with van der Waals surface area (Å²) in [5, 5.41) is 0. The third-order valence-electron chi connectivity index (χ3n) is 4.02. The standard InChI is InChI=1S/C19H30O11/c1-7-8-15(24-6)30-19-18(28-13(5)23)17(27-12(4)22)16(26-11(3)21)14(29-19)9-25-10(2)20/h14-19H,7-9H2,1-6H3/t14-,15-,16-,17+,18-,19+/m1/s1. The number of hydrogen-bond acceptors (Lipinski definition) is 11. The van der Waals surface area contributed by atoms with Gasteiger partial charge in [-0.05, 0) is 6.42 Å². The lowest BCUT2D eigenvalue weighted by atomic mass is 9.98. The fourth-order valence-corrected chi connectivity index (χ4v) is 2.92. The van der Waals surface area contributed by atoms with Crippen LogP contribution < -0.4 is 0 Å². The Morgan fingerprint density at radius 1 is 0.833 bits per heavy atom. The first-order valence-electron chi connectivity index (χ1n) is 9.57. The van der Waals surface area contributed by atoms with Gasteiger partial charge in [0.05, 0.1) is 0 Å². The van der Waals surface area contributed by atoms with Crippen LogP contribution in [-0.4, -0.2) is 74.6 Å². The highest BCUT2D eigenvalue weighted by atomic mass is 16.8. The normalized spacial score (nSPS) is 26.9. The molecule has 1 aliphatic rings. The number of carbonyl (C=O) groups is 4. The van der Waals surface area contributed by atoms with Crippen molar-refractivity contribution in [2.75, 3.05) is 13.7 Å². The van der Waals surface area contributed by atoms with Gasteiger partial charge in [-0.25, -0.2) is 0 Å². The van der Waals surface area contributed by atoms with E-state index in [-0.39, 0.29) is 6.61 Å². The summed E-state index contributed by atoms with van der Waals surface area (Å²) < 4.78 is 37.8. The highest BCUT2D eigenvalue weighted by Gasteiger charge is 2.53. The van der Waals surface area contributed by atoms with Crippen LogP contribution in [0, 0.1) is 0 Å². The van der Waals surface area contributed by atoms with Crippen LogP contribution in [0.5, 0.6) is 0 Å². The van der Waals surface area contributed by atoms with E-state index < -0.39 is 60.9 Å². The van der Waals surface area contributed by atoms with Gasteiger partial charge in [-0.15, -0.1) is 0 Å². The molecule has 0 aromatic carbocycles. The van der Waals surface area contributed by atoms with Crippen LogP contribution in [0.2, 0.25) is 0 Å². The van der Waals surface area contributed by atoms with E-state index in [1.54, 1.807) is 0 Å². The molecule has 172 valence electrons. The third-order valence-corrected chi connectivity index (χ3v) is 4.02. The quantitative estimate of drug-likeness (QED) is 0.275. The molecule has 1 aliphatic heterocycles. The maximum atomic E-state index is 11.7. The van der Waals surface area contributed by atoms with Crippen LogP contribution in [0.4, 0.5) is 0 Å². The molecule has 0 unspecified atom stereocenters. The van der Waals surface area contributed by atoms with Gasteiger partial charge in [-0.2, -0.15) is 0 Å². The van der Waals surface area contributed by atoms with E-state index in [9.17, 15) is 19.2 Å². The van der Waals surface area contributed by atoms with Gasteiger partial charge in [0, 0.05) is 34.8 Å². The van der Waals surface area contributed by atoms with Gasteiger partial charge in [0.25, 0.3) is 0 Å². The molecule has 0 saturated carbocycles. The maximum Gasteiger partial charge on any atom is 0.303 e. The van der Waals surface area contributed by atoms with Gasteiger partial charge in [0.2, 0.25) is 6.29 Å². The van der Waals surface area contributed by atoms with Crippen molar-refractivity contribution >= 4 is 23.9 Å². The summed E-state index contributed by atoms with van der Waals surface area (Å²) in [7, 11) is 1.44. The smallest absolute Gasteiger partial charge is 0.303 e. The first-order chi connectivity index (χ1) is 14.1. The summed E-state index contributed by atoms with van der Waals surface area (Å²) >= 11 is 0. The summed E-state index contributed by atoms with van der Waals surface area (Å²) in [6.07, 6.45) is -5.54. The molecule has 0 aliphatic carbocycles. The van der Waals surface area contributed by atoms with Gasteiger partial charge in [0.1, 0.15) is 12.7 Å².